The second kappa shape index (κ2) is 10.2. The predicted octanol–water partition coefficient (Wildman–Crippen LogP) is 1.64. The van der Waals surface area contributed by atoms with Crippen LogP contribution in [-0.4, -0.2) is 46.9 Å². The van der Waals surface area contributed by atoms with Crippen LogP contribution in [0.25, 0.3) is 0 Å². The number of aromatic nitrogens is 2. The summed E-state index contributed by atoms with van der Waals surface area (Å²) in [4.78, 5) is 34.8. The van der Waals surface area contributed by atoms with Gasteiger partial charge in [0.05, 0.1) is 17.9 Å². The second-order valence-corrected chi connectivity index (χ2v) is 6.06. The molecule has 0 bridgehead atoms. The Morgan fingerprint density at radius 3 is 2.59 bits per heavy atom. The molecule has 0 unspecified atom stereocenters. The lowest BCUT2D eigenvalue weighted by atomic mass is 10.2. The summed E-state index contributed by atoms with van der Waals surface area (Å²) in [5.74, 6) is -1.95. The van der Waals surface area contributed by atoms with Crippen LogP contribution in [0, 0.1) is 5.82 Å². The molecule has 0 aliphatic rings. The zero-order chi connectivity index (χ0) is 19.6. The van der Waals surface area contributed by atoms with Crippen LogP contribution in [0.4, 0.5) is 10.2 Å². The Kier molecular flexibility index (Phi) is 7.68. The number of thioether (sulfide) groups is 1. The highest BCUT2D eigenvalue weighted by Gasteiger charge is 2.12. The third-order valence-electron chi connectivity index (χ3n) is 3.09. The van der Waals surface area contributed by atoms with E-state index in [0.29, 0.717) is 5.03 Å². The minimum absolute atomic E-state index is 0.0367. The molecule has 0 saturated carbocycles. The number of rotatable bonds is 8. The van der Waals surface area contributed by atoms with Crippen LogP contribution in [0.2, 0.25) is 0 Å². The summed E-state index contributed by atoms with van der Waals surface area (Å²) < 4.78 is 18.3. The Balaban J connectivity index is 1.81. The molecule has 8 nitrogen and oxygen atoms in total. The van der Waals surface area contributed by atoms with Gasteiger partial charge in [-0.25, -0.2) is 4.39 Å². The average molecular weight is 392 g/mol. The van der Waals surface area contributed by atoms with Gasteiger partial charge in [0.2, 0.25) is 5.91 Å². The van der Waals surface area contributed by atoms with E-state index in [-0.39, 0.29) is 36.2 Å². The predicted molar refractivity (Wildman–Crippen MR) is 96.8 cm³/mol. The quantitative estimate of drug-likeness (QED) is 0.519. The number of nitrogens with one attached hydrogen (secondary N) is 2. The highest BCUT2D eigenvalue weighted by atomic mass is 32.2. The second-order valence-electron chi connectivity index (χ2n) is 5.06. The summed E-state index contributed by atoms with van der Waals surface area (Å²) in [6.07, 6.45) is 0. The summed E-state index contributed by atoms with van der Waals surface area (Å²) in [7, 11) is 0. The maximum Gasteiger partial charge on any atom is 0.325 e. The number of anilines is 1. The van der Waals surface area contributed by atoms with Crippen LogP contribution in [0.5, 0.6) is 0 Å². The molecule has 1 aromatic carbocycles. The topological polar surface area (TPSA) is 110 Å². The van der Waals surface area contributed by atoms with Crippen LogP contribution in [-0.2, 0) is 14.3 Å². The van der Waals surface area contributed by atoms with Crippen molar-refractivity contribution in [2.75, 3.05) is 24.2 Å². The molecule has 0 radical (unpaired) electrons. The van der Waals surface area contributed by atoms with Crippen molar-refractivity contribution in [3.63, 3.8) is 0 Å². The molecule has 0 fully saturated rings. The van der Waals surface area contributed by atoms with Crippen molar-refractivity contribution in [3.05, 3.63) is 47.8 Å². The van der Waals surface area contributed by atoms with E-state index in [9.17, 15) is 18.8 Å². The standard InChI is InChI=1S/C17H17FN4O4S/c1-2-26-16(24)9-19-14(23)10-27-15-8-7-13(21-22-15)20-17(25)11-5-3-4-6-12(11)18/h3-8H,2,9-10H2,1H3,(H,19,23)(H,20,21,25). The Morgan fingerprint density at radius 2 is 1.93 bits per heavy atom. The first-order valence-corrected chi connectivity index (χ1v) is 8.93. The number of hydrogen-bond acceptors (Lipinski definition) is 7. The summed E-state index contributed by atoms with van der Waals surface area (Å²) >= 11 is 1.11. The summed E-state index contributed by atoms with van der Waals surface area (Å²) in [5, 5.41) is 13.0. The van der Waals surface area contributed by atoms with Crippen molar-refractivity contribution >= 4 is 35.4 Å². The van der Waals surface area contributed by atoms with Crippen molar-refractivity contribution in [2.45, 2.75) is 11.9 Å². The number of benzene rings is 1. The number of carbonyl (C=O) groups is 3. The number of hydrogen-bond donors (Lipinski definition) is 2. The highest BCUT2D eigenvalue weighted by molar-refractivity contribution is 7.99. The van der Waals surface area contributed by atoms with Gasteiger partial charge in [-0.2, -0.15) is 0 Å². The van der Waals surface area contributed by atoms with Gasteiger partial charge in [0.25, 0.3) is 5.91 Å². The first kappa shape index (κ1) is 20.3. The number of nitrogens with zero attached hydrogens (tertiary/aromatic N) is 2. The smallest absolute Gasteiger partial charge is 0.325 e. The monoisotopic (exact) mass is 392 g/mol. The number of carbonyl (C=O) groups excluding carboxylic acids is 3. The fourth-order valence-electron chi connectivity index (χ4n) is 1.87. The summed E-state index contributed by atoms with van der Waals surface area (Å²) in [6.45, 7) is 1.73. The molecule has 1 aromatic heterocycles. The highest BCUT2D eigenvalue weighted by Crippen LogP contribution is 2.16. The molecule has 2 amide bonds. The average Bonchev–Trinajstić information content (AvgIpc) is 2.66. The number of esters is 1. The normalized spacial score (nSPS) is 10.1. The molecule has 142 valence electrons. The van der Waals surface area contributed by atoms with Crippen LogP contribution in [0.1, 0.15) is 17.3 Å². The minimum atomic E-state index is -0.638. The third-order valence-corrected chi connectivity index (χ3v) is 4.01. The molecule has 0 saturated heterocycles. The molecule has 27 heavy (non-hydrogen) atoms. The Hall–Kier alpha value is -3.01. The van der Waals surface area contributed by atoms with Crippen LogP contribution >= 0.6 is 11.8 Å². The van der Waals surface area contributed by atoms with E-state index < -0.39 is 17.7 Å². The maximum atomic E-state index is 13.6. The zero-order valence-corrected chi connectivity index (χ0v) is 15.2. The molecular weight excluding hydrogens is 375 g/mol. The summed E-state index contributed by atoms with van der Waals surface area (Å²) in [6, 6.07) is 8.64. The van der Waals surface area contributed by atoms with E-state index in [1.54, 1.807) is 19.1 Å². The van der Waals surface area contributed by atoms with Gasteiger partial charge in [0.15, 0.2) is 5.82 Å². The molecule has 0 atom stereocenters. The van der Waals surface area contributed by atoms with E-state index in [2.05, 4.69) is 20.8 Å². The first-order valence-electron chi connectivity index (χ1n) is 7.94. The fraction of sp³-hybridized carbons (Fsp3) is 0.235. The molecular formula is C17H17FN4O4S. The Labute approximate surface area is 158 Å². The van der Waals surface area contributed by atoms with Gasteiger partial charge in [-0.3, -0.25) is 14.4 Å². The summed E-state index contributed by atoms with van der Waals surface area (Å²) in [5.41, 5.74) is -0.101. The van der Waals surface area contributed by atoms with Crippen molar-refractivity contribution < 1.29 is 23.5 Å². The van der Waals surface area contributed by atoms with Crippen LogP contribution < -0.4 is 10.6 Å². The molecule has 2 rings (SSSR count). The van der Waals surface area contributed by atoms with Crippen molar-refractivity contribution in [3.8, 4) is 0 Å². The van der Waals surface area contributed by atoms with Crippen molar-refractivity contribution in [1.82, 2.24) is 15.5 Å². The maximum absolute atomic E-state index is 13.6. The van der Waals surface area contributed by atoms with E-state index in [4.69, 9.17) is 4.74 Å². The van der Waals surface area contributed by atoms with Gasteiger partial charge in [-0.15, -0.1) is 10.2 Å². The van der Waals surface area contributed by atoms with E-state index >= 15 is 0 Å². The Bertz CT molecular complexity index is 817. The lowest BCUT2D eigenvalue weighted by Gasteiger charge is -2.06. The zero-order valence-electron chi connectivity index (χ0n) is 14.4. The lowest BCUT2D eigenvalue weighted by molar-refractivity contribution is -0.143. The number of ether oxygens (including phenoxy) is 1. The van der Waals surface area contributed by atoms with Crippen LogP contribution in [0.3, 0.4) is 0 Å². The van der Waals surface area contributed by atoms with E-state index in [1.165, 1.54) is 24.3 Å². The number of amides is 2. The van der Waals surface area contributed by atoms with Gasteiger partial charge in [0.1, 0.15) is 17.4 Å². The molecule has 2 aromatic rings. The first-order chi connectivity index (χ1) is 13.0. The largest absolute Gasteiger partial charge is 0.465 e. The Morgan fingerprint density at radius 1 is 1.15 bits per heavy atom. The van der Waals surface area contributed by atoms with Gasteiger partial charge in [-0.1, -0.05) is 23.9 Å². The third kappa shape index (κ3) is 6.66. The van der Waals surface area contributed by atoms with Gasteiger partial charge in [-0.05, 0) is 31.2 Å². The lowest BCUT2D eigenvalue weighted by Crippen LogP contribution is -2.31. The van der Waals surface area contributed by atoms with Gasteiger partial charge < -0.3 is 15.4 Å². The number of halogens is 1. The van der Waals surface area contributed by atoms with Gasteiger partial charge in [0, 0.05) is 0 Å². The molecule has 0 aliphatic carbocycles. The van der Waals surface area contributed by atoms with E-state index in [1.807, 2.05) is 0 Å². The van der Waals surface area contributed by atoms with Crippen molar-refractivity contribution in [2.24, 2.45) is 0 Å². The molecule has 2 N–H and O–H groups in total. The van der Waals surface area contributed by atoms with Gasteiger partial charge >= 0.3 is 5.97 Å². The fourth-order valence-corrected chi connectivity index (χ4v) is 2.51. The molecule has 0 aliphatic heterocycles. The molecule has 10 heteroatoms. The SMILES string of the molecule is CCOC(=O)CNC(=O)CSc1ccc(NC(=O)c2ccccc2F)nn1. The van der Waals surface area contributed by atoms with Crippen LogP contribution in [0.15, 0.2) is 41.4 Å². The minimum Gasteiger partial charge on any atom is -0.465 e. The molecule has 0 spiro atoms. The van der Waals surface area contributed by atoms with E-state index in [0.717, 1.165) is 11.8 Å². The van der Waals surface area contributed by atoms with Crippen molar-refractivity contribution in [1.29, 1.82) is 0 Å². The molecule has 1 heterocycles.